The Hall–Kier alpha value is -4.04. The second kappa shape index (κ2) is 9.19. The molecule has 0 bridgehead atoms. The van der Waals surface area contributed by atoms with Crippen LogP contribution in [0.3, 0.4) is 0 Å². The monoisotopic (exact) mass is 430 g/mol. The number of anilines is 2. The van der Waals surface area contributed by atoms with Crippen molar-refractivity contribution in [1.29, 1.82) is 0 Å². The predicted molar refractivity (Wildman–Crippen MR) is 121 cm³/mol. The minimum Gasteiger partial charge on any atom is -0.494 e. The molecule has 0 radical (unpaired) electrons. The number of rotatable bonds is 6. The molecule has 0 aliphatic carbocycles. The fourth-order valence-corrected chi connectivity index (χ4v) is 3.66. The highest BCUT2D eigenvalue weighted by Crippen LogP contribution is 2.29. The summed E-state index contributed by atoms with van der Waals surface area (Å²) in [5.41, 5.74) is 2.73. The molecule has 4 rings (SSSR count). The van der Waals surface area contributed by atoms with Gasteiger partial charge in [0.1, 0.15) is 16.5 Å². The third kappa shape index (κ3) is 4.76. The molecule has 0 aliphatic heterocycles. The number of aromatic nitrogens is 2. The maximum absolute atomic E-state index is 12.6. The highest BCUT2D eigenvalue weighted by molar-refractivity contribution is 7.13. The maximum atomic E-state index is 12.6. The van der Waals surface area contributed by atoms with Crippen molar-refractivity contribution in [2.45, 2.75) is 0 Å². The largest absolute Gasteiger partial charge is 0.494 e. The predicted octanol–water partition coefficient (Wildman–Crippen LogP) is 4.72. The maximum Gasteiger partial charge on any atom is 0.275 e. The molecule has 8 heteroatoms. The molecule has 4 aromatic rings. The number of ether oxygens (including phenoxy) is 1. The van der Waals surface area contributed by atoms with Crippen LogP contribution in [0, 0.1) is 0 Å². The van der Waals surface area contributed by atoms with Gasteiger partial charge in [-0.25, -0.2) is 4.98 Å². The highest BCUT2D eigenvalue weighted by atomic mass is 32.1. The highest BCUT2D eigenvalue weighted by Gasteiger charge is 2.14. The number of carbonyl (C=O) groups is 2. The molecule has 0 aliphatic rings. The number of pyridine rings is 1. The van der Waals surface area contributed by atoms with Gasteiger partial charge in [0, 0.05) is 35.1 Å². The average molecular weight is 430 g/mol. The van der Waals surface area contributed by atoms with E-state index in [0.717, 1.165) is 10.6 Å². The van der Waals surface area contributed by atoms with Crippen LogP contribution in [-0.2, 0) is 0 Å². The van der Waals surface area contributed by atoms with Crippen LogP contribution in [0.25, 0.3) is 10.6 Å². The summed E-state index contributed by atoms with van der Waals surface area (Å²) < 4.78 is 5.38. The van der Waals surface area contributed by atoms with Crippen LogP contribution >= 0.6 is 11.3 Å². The molecule has 0 saturated heterocycles. The number of benzene rings is 2. The van der Waals surface area contributed by atoms with Gasteiger partial charge in [-0.15, -0.1) is 11.3 Å². The first kappa shape index (κ1) is 20.2. The van der Waals surface area contributed by atoms with Gasteiger partial charge in [-0.05, 0) is 24.3 Å². The summed E-state index contributed by atoms with van der Waals surface area (Å²) in [6, 6.07) is 18.0. The Kier molecular flexibility index (Phi) is 6.00. The molecule has 0 atom stereocenters. The van der Waals surface area contributed by atoms with Gasteiger partial charge < -0.3 is 15.4 Å². The van der Waals surface area contributed by atoms with Crippen molar-refractivity contribution in [2.75, 3.05) is 17.7 Å². The van der Waals surface area contributed by atoms with E-state index in [4.69, 9.17) is 4.74 Å². The first-order valence-corrected chi connectivity index (χ1v) is 10.2. The molecular weight excluding hydrogens is 412 g/mol. The van der Waals surface area contributed by atoms with E-state index < -0.39 is 0 Å². The molecule has 31 heavy (non-hydrogen) atoms. The van der Waals surface area contributed by atoms with Crippen LogP contribution in [-0.4, -0.2) is 28.9 Å². The molecule has 7 nitrogen and oxygen atoms in total. The quantitative estimate of drug-likeness (QED) is 0.462. The molecule has 154 valence electrons. The minimum absolute atomic E-state index is 0.306. The van der Waals surface area contributed by atoms with E-state index in [1.54, 1.807) is 41.9 Å². The number of nitrogens with one attached hydrogen (secondary N) is 2. The zero-order valence-corrected chi connectivity index (χ0v) is 17.3. The lowest BCUT2D eigenvalue weighted by Gasteiger charge is -2.12. The molecule has 0 unspecified atom stereocenters. The summed E-state index contributed by atoms with van der Waals surface area (Å²) in [7, 11) is 1.49. The van der Waals surface area contributed by atoms with E-state index in [1.165, 1.54) is 24.6 Å². The van der Waals surface area contributed by atoms with Crippen LogP contribution < -0.4 is 15.4 Å². The first-order chi connectivity index (χ1) is 15.1. The lowest BCUT2D eigenvalue weighted by atomic mass is 10.2. The number of carbonyl (C=O) groups excluding carboxylic acids is 2. The van der Waals surface area contributed by atoms with Gasteiger partial charge in [0.05, 0.1) is 18.4 Å². The second-order valence-electron chi connectivity index (χ2n) is 6.47. The van der Waals surface area contributed by atoms with Crippen molar-refractivity contribution >= 4 is 34.5 Å². The van der Waals surface area contributed by atoms with Gasteiger partial charge in [0.25, 0.3) is 11.8 Å². The molecule has 0 saturated carbocycles. The fourth-order valence-electron chi connectivity index (χ4n) is 2.85. The van der Waals surface area contributed by atoms with Gasteiger partial charge in [0.15, 0.2) is 0 Å². The topological polar surface area (TPSA) is 93.2 Å². The first-order valence-electron chi connectivity index (χ1n) is 9.36. The summed E-state index contributed by atoms with van der Waals surface area (Å²) in [5, 5.41) is 8.09. The summed E-state index contributed by atoms with van der Waals surface area (Å²) in [6.45, 7) is 0. The average Bonchev–Trinajstić information content (AvgIpc) is 3.32. The molecule has 0 fully saturated rings. The van der Waals surface area contributed by atoms with Crippen LogP contribution in [0.1, 0.15) is 20.8 Å². The normalized spacial score (nSPS) is 10.4. The zero-order valence-electron chi connectivity index (χ0n) is 16.5. The number of hydrogen-bond donors (Lipinski definition) is 2. The Labute approximate surface area is 182 Å². The van der Waals surface area contributed by atoms with Crippen molar-refractivity contribution in [2.24, 2.45) is 0 Å². The van der Waals surface area contributed by atoms with Gasteiger partial charge in [-0.1, -0.05) is 30.3 Å². The Morgan fingerprint density at radius 1 is 0.968 bits per heavy atom. The SMILES string of the molecule is COc1cc(NC(=O)c2csc(-c3ccccc3)n2)ccc1NC(=O)c1cccnc1. The van der Waals surface area contributed by atoms with E-state index in [0.29, 0.717) is 28.4 Å². The minimum atomic E-state index is -0.326. The second-order valence-corrected chi connectivity index (χ2v) is 7.33. The summed E-state index contributed by atoms with van der Waals surface area (Å²) in [5.74, 6) is -0.218. The number of thiazole rings is 1. The molecule has 2 heterocycles. The fraction of sp³-hybridized carbons (Fsp3) is 0.0435. The van der Waals surface area contributed by atoms with Crippen LogP contribution in [0.5, 0.6) is 5.75 Å². The van der Waals surface area contributed by atoms with Crippen LogP contribution in [0.4, 0.5) is 11.4 Å². The number of amides is 2. The Bertz CT molecular complexity index is 1210. The van der Waals surface area contributed by atoms with Crippen LogP contribution in [0.15, 0.2) is 78.4 Å². The van der Waals surface area contributed by atoms with Gasteiger partial charge >= 0.3 is 0 Å². The Balaban J connectivity index is 1.47. The summed E-state index contributed by atoms with van der Waals surface area (Å²) in [4.78, 5) is 33.4. The Morgan fingerprint density at radius 2 is 1.81 bits per heavy atom. The van der Waals surface area contributed by atoms with E-state index in [1.807, 2.05) is 30.3 Å². The van der Waals surface area contributed by atoms with E-state index in [-0.39, 0.29) is 11.8 Å². The lowest BCUT2D eigenvalue weighted by Crippen LogP contribution is -2.14. The molecular formula is C23H18N4O3S. The zero-order chi connectivity index (χ0) is 21.6. The van der Waals surface area contributed by atoms with Crippen molar-refractivity contribution in [1.82, 2.24) is 9.97 Å². The molecule has 2 aromatic heterocycles. The standard InChI is InChI=1S/C23H18N4O3S/c1-30-20-12-17(9-10-18(20)26-21(28)16-8-5-11-24-13-16)25-22(29)19-14-31-23(27-19)15-6-3-2-4-7-15/h2-14H,1H3,(H,25,29)(H,26,28). The van der Waals surface area contributed by atoms with Crippen molar-refractivity contribution in [3.63, 3.8) is 0 Å². The Morgan fingerprint density at radius 3 is 2.55 bits per heavy atom. The van der Waals surface area contributed by atoms with E-state index in [9.17, 15) is 9.59 Å². The number of methoxy groups -OCH3 is 1. The summed E-state index contributed by atoms with van der Waals surface area (Å²) >= 11 is 1.41. The third-order valence-corrected chi connectivity index (χ3v) is 5.28. The van der Waals surface area contributed by atoms with E-state index >= 15 is 0 Å². The molecule has 2 aromatic carbocycles. The van der Waals surface area contributed by atoms with Crippen molar-refractivity contribution in [3.8, 4) is 16.3 Å². The summed E-state index contributed by atoms with van der Waals surface area (Å²) in [6.07, 6.45) is 3.08. The van der Waals surface area contributed by atoms with Crippen molar-refractivity contribution in [3.05, 3.63) is 89.7 Å². The van der Waals surface area contributed by atoms with Gasteiger partial charge in [0.2, 0.25) is 0 Å². The third-order valence-electron chi connectivity index (χ3n) is 4.39. The number of hydrogen-bond acceptors (Lipinski definition) is 6. The smallest absolute Gasteiger partial charge is 0.275 e. The lowest BCUT2D eigenvalue weighted by molar-refractivity contribution is 0.101. The molecule has 0 spiro atoms. The van der Waals surface area contributed by atoms with Gasteiger partial charge in [-0.3, -0.25) is 14.6 Å². The van der Waals surface area contributed by atoms with Crippen molar-refractivity contribution < 1.29 is 14.3 Å². The molecule has 2 amide bonds. The molecule has 2 N–H and O–H groups in total. The van der Waals surface area contributed by atoms with Crippen LogP contribution in [0.2, 0.25) is 0 Å². The van der Waals surface area contributed by atoms with E-state index in [2.05, 4.69) is 20.6 Å². The van der Waals surface area contributed by atoms with Gasteiger partial charge in [-0.2, -0.15) is 0 Å². The number of nitrogens with zero attached hydrogens (tertiary/aromatic N) is 2.